The molecule has 3 heterocycles. The zero-order valence-corrected chi connectivity index (χ0v) is 28.1. The van der Waals surface area contributed by atoms with Crippen molar-refractivity contribution in [3.8, 4) is 49.9 Å². The normalized spacial score (nSPS) is 11.2. The number of fused-ring (bicyclic) bond motifs is 4. The summed E-state index contributed by atoms with van der Waals surface area (Å²) in [7, 11) is 0. The number of rotatable bonds is 5. The molecule has 0 atom stereocenters. The second-order valence-corrected chi connectivity index (χ2v) is 12.3. The van der Waals surface area contributed by atoms with Gasteiger partial charge >= 0.3 is 21.1 Å². The van der Waals surface area contributed by atoms with Crippen molar-refractivity contribution in [2.24, 2.45) is 0 Å². The summed E-state index contributed by atoms with van der Waals surface area (Å²) in [6, 6.07) is 60.1. The largest absolute Gasteiger partial charge is 2.00 e. The van der Waals surface area contributed by atoms with Gasteiger partial charge in [0, 0.05) is 15.2 Å². The third-order valence-electron chi connectivity index (χ3n) is 8.44. The molecule has 3 aromatic heterocycles. The Balaban J connectivity index is 0.00000324. The van der Waals surface area contributed by atoms with E-state index in [0.717, 1.165) is 60.7 Å². The number of aromatic nitrogens is 3. The second-order valence-electron chi connectivity index (χ2n) is 11.3. The third-order valence-corrected chi connectivity index (χ3v) is 9.51. The Morgan fingerprint density at radius 1 is 0.489 bits per heavy atom. The molecule has 5 heteroatoms. The molecule has 0 N–H and O–H groups in total. The van der Waals surface area contributed by atoms with Gasteiger partial charge in [-0.25, -0.2) is 0 Å². The third kappa shape index (κ3) is 5.30. The fourth-order valence-electron chi connectivity index (χ4n) is 6.20. The number of hydrogen-bond donors (Lipinski definition) is 0. The van der Waals surface area contributed by atoms with Crippen molar-refractivity contribution in [1.82, 2.24) is 14.5 Å². The summed E-state index contributed by atoms with van der Waals surface area (Å²) >= 11 is 1.70. The molecule has 0 amide bonds. The minimum atomic E-state index is 0. The predicted octanol–water partition coefficient (Wildman–Crippen LogP) is 11.1. The molecule has 0 aliphatic carbocycles. The van der Waals surface area contributed by atoms with E-state index in [9.17, 15) is 0 Å². The van der Waals surface area contributed by atoms with Crippen LogP contribution >= 0.6 is 11.3 Å². The van der Waals surface area contributed by atoms with E-state index in [1.807, 2.05) is 12.1 Å². The number of benzene rings is 6. The van der Waals surface area contributed by atoms with Crippen LogP contribution in [0.25, 0.3) is 81.9 Å². The van der Waals surface area contributed by atoms with E-state index in [1.54, 1.807) is 11.3 Å². The zero-order chi connectivity index (χ0) is 30.5. The molecule has 0 radical (unpaired) electrons. The predicted molar refractivity (Wildman–Crippen MR) is 191 cm³/mol. The molecule has 0 aliphatic rings. The molecule has 9 aromatic rings. The van der Waals surface area contributed by atoms with Gasteiger partial charge in [-0.15, -0.1) is 53.6 Å². The minimum absolute atomic E-state index is 0. The first kappa shape index (κ1) is 29.3. The van der Waals surface area contributed by atoms with Gasteiger partial charge in [0.05, 0.1) is 11.2 Å². The van der Waals surface area contributed by atoms with Gasteiger partial charge in [-0.05, 0) is 63.2 Å². The van der Waals surface area contributed by atoms with E-state index < -0.39 is 0 Å². The van der Waals surface area contributed by atoms with Gasteiger partial charge in [0.2, 0.25) is 0 Å². The number of thiazole rings is 1. The standard InChI is InChI=1S/C42H25N3S.Pt/c1-2-10-28(11-3-1)29-20-22-30(23-21-29)36-16-9-17-37(43-36)31-12-8-13-33(26-31)45-39-18-6-4-14-34(39)35-25-24-32(27-40(35)45)42-44-38-15-5-7-19-41(38)46-42;/h1-25H;/q-2;+2. The summed E-state index contributed by atoms with van der Waals surface area (Å²) < 4.78 is 3.44. The molecule has 0 bridgehead atoms. The van der Waals surface area contributed by atoms with Crippen LogP contribution in [0.5, 0.6) is 0 Å². The first-order chi connectivity index (χ1) is 22.8. The Morgan fingerprint density at radius 2 is 1.21 bits per heavy atom. The van der Waals surface area contributed by atoms with Crippen molar-refractivity contribution in [3.05, 3.63) is 164 Å². The van der Waals surface area contributed by atoms with Crippen molar-refractivity contribution in [2.75, 3.05) is 0 Å². The Labute approximate surface area is 291 Å². The molecule has 6 aromatic carbocycles. The van der Waals surface area contributed by atoms with Crippen LogP contribution in [0.3, 0.4) is 0 Å². The molecular weight excluding hydrogens is 774 g/mol. The average molecular weight is 799 g/mol. The van der Waals surface area contributed by atoms with E-state index in [2.05, 4.69) is 156 Å². The minimum Gasteiger partial charge on any atom is -0.346 e. The number of hydrogen-bond acceptors (Lipinski definition) is 3. The quantitative estimate of drug-likeness (QED) is 0.162. The summed E-state index contributed by atoms with van der Waals surface area (Å²) in [6.45, 7) is 0. The molecule has 0 spiro atoms. The fraction of sp³-hybridized carbons (Fsp3) is 0. The smallest absolute Gasteiger partial charge is 0.346 e. The van der Waals surface area contributed by atoms with Crippen LogP contribution in [0, 0.1) is 12.1 Å². The van der Waals surface area contributed by atoms with Crippen LogP contribution in [0.1, 0.15) is 0 Å². The molecule has 0 aliphatic heterocycles. The van der Waals surface area contributed by atoms with Gasteiger partial charge in [0.1, 0.15) is 0 Å². The maximum atomic E-state index is 5.08. The van der Waals surface area contributed by atoms with Crippen LogP contribution in [0.2, 0.25) is 0 Å². The number of pyridine rings is 1. The van der Waals surface area contributed by atoms with E-state index in [4.69, 9.17) is 9.97 Å². The first-order valence-corrected chi connectivity index (χ1v) is 16.1. The Bertz CT molecular complexity index is 2500. The van der Waals surface area contributed by atoms with E-state index in [-0.39, 0.29) is 21.1 Å². The Morgan fingerprint density at radius 3 is 2.09 bits per heavy atom. The maximum Gasteiger partial charge on any atom is 2.00 e. The van der Waals surface area contributed by atoms with Crippen molar-refractivity contribution in [2.45, 2.75) is 0 Å². The van der Waals surface area contributed by atoms with Gasteiger partial charge in [0.15, 0.2) is 0 Å². The summed E-state index contributed by atoms with van der Waals surface area (Å²) in [6.07, 6.45) is 0. The number of nitrogens with zero attached hydrogens (tertiary/aromatic N) is 3. The first-order valence-electron chi connectivity index (χ1n) is 15.3. The van der Waals surface area contributed by atoms with Crippen molar-refractivity contribution in [3.63, 3.8) is 0 Å². The van der Waals surface area contributed by atoms with E-state index in [0.29, 0.717) is 0 Å². The van der Waals surface area contributed by atoms with E-state index in [1.165, 1.54) is 21.2 Å². The van der Waals surface area contributed by atoms with Crippen LogP contribution in [0.4, 0.5) is 0 Å². The second kappa shape index (κ2) is 12.2. The molecular formula is C42H25N3PtS. The van der Waals surface area contributed by atoms with Gasteiger partial charge in [-0.2, -0.15) is 11.3 Å². The Hall–Kier alpha value is -5.15. The van der Waals surface area contributed by atoms with Crippen LogP contribution in [0.15, 0.2) is 152 Å². The SMILES string of the molecule is [Pt+2].[c-]1c(-c2cccc(-c3ccc(-c4ccccc4)cc3)n2)cccc1-n1c2[c-]c(-c3nc4ccccc4s3)ccc2c2ccccc21. The van der Waals surface area contributed by atoms with Gasteiger partial charge in [-0.3, -0.25) is 9.97 Å². The van der Waals surface area contributed by atoms with Gasteiger partial charge in [-0.1, -0.05) is 102 Å². The summed E-state index contributed by atoms with van der Waals surface area (Å²) in [5, 5.41) is 3.30. The topological polar surface area (TPSA) is 30.7 Å². The average Bonchev–Trinajstić information content (AvgIpc) is 3.72. The van der Waals surface area contributed by atoms with Crippen LogP contribution in [-0.4, -0.2) is 14.5 Å². The molecule has 3 nitrogen and oxygen atoms in total. The van der Waals surface area contributed by atoms with Crippen molar-refractivity contribution in [1.29, 1.82) is 0 Å². The van der Waals surface area contributed by atoms with Crippen LogP contribution in [-0.2, 0) is 21.1 Å². The number of para-hydroxylation sites is 2. The summed E-state index contributed by atoms with van der Waals surface area (Å²) in [5.74, 6) is 0. The van der Waals surface area contributed by atoms with E-state index >= 15 is 0 Å². The zero-order valence-electron chi connectivity index (χ0n) is 25.0. The van der Waals surface area contributed by atoms with Crippen LogP contribution < -0.4 is 0 Å². The molecule has 0 unspecified atom stereocenters. The molecule has 47 heavy (non-hydrogen) atoms. The molecule has 9 rings (SSSR count). The summed E-state index contributed by atoms with van der Waals surface area (Å²) in [4.78, 5) is 10.00. The van der Waals surface area contributed by atoms with Crippen molar-refractivity contribution < 1.29 is 21.1 Å². The molecule has 0 saturated heterocycles. The fourth-order valence-corrected chi connectivity index (χ4v) is 7.15. The van der Waals surface area contributed by atoms with Crippen molar-refractivity contribution >= 4 is 43.4 Å². The summed E-state index contributed by atoms with van der Waals surface area (Å²) in [5.41, 5.74) is 11.3. The Kier molecular flexibility index (Phi) is 7.61. The van der Waals surface area contributed by atoms with Gasteiger partial charge < -0.3 is 4.57 Å². The molecule has 0 fully saturated rings. The molecule has 0 saturated carbocycles. The van der Waals surface area contributed by atoms with Gasteiger partial charge in [0.25, 0.3) is 0 Å². The maximum absolute atomic E-state index is 5.08. The molecule has 224 valence electrons. The monoisotopic (exact) mass is 798 g/mol.